The van der Waals surface area contributed by atoms with Crippen LogP contribution in [0.2, 0.25) is 5.02 Å². The van der Waals surface area contributed by atoms with E-state index in [1.807, 2.05) is 7.05 Å². The quantitative estimate of drug-likeness (QED) is 0.903. The van der Waals surface area contributed by atoms with Crippen LogP contribution in [0.1, 0.15) is 31.9 Å². The van der Waals surface area contributed by atoms with Crippen molar-refractivity contribution >= 4 is 11.6 Å². The molecule has 3 nitrogen and oxygen atoms in total. The predicted octanol–water partition coefficient (Wildman–Crippen LogP) is 3.24. The van der Waals surface area contributed by atoms with Crippen molar-refractivity contribution in [3.05, 3.63) is 34.6 Å². The number of rotatable bonds is 5. The normalized spacial score (nSPS) is 21.0. The van der Waals surface area contributed by atoms with E-state index < -0.39 is 0 Å². The highest BCUT2D eigenvalue weighted by Crippen LogP contribution is 2.36. The highest BCUT2D eigenvalue weighted by atomic mass is 35.5. The minimum Gasteiger partial charge on any atom is -0.379 e. The predicted molar refractivity (Wildman–Crippen MR) is 84.3 cm³/mol. The highest BCUT2D eigenvalue weighted by Gasteiger charge is 2.40. The highest BCUT2D eigenvalue weighted by molar-refractivity contribution is 6.30. The van der Waals surface area contributed by atoms with Crippen LogP contribution in [0.4, 0.5) is 4.39 Å². The van der Waals surface area contributed by atoms with Crippen molar-refractivity contribution < 1.29 is 9.13 Å². The second-order valence-corrected chi connectivity index (χ2v) is 6.13. The van der Waals surface area contributed by atoms with Gasteiger partial charge in [-0.2, -0.15) is 0 Å². The Morgan fingerprint density at radius 1 is 1.43 bits per heavy atom. The van der Waals surface area contributed by atoms with Gasteiger partial charge in [-0.15, -0.1) is 0 Å². The number of nitrogens with zero attached hydrogens (tertiary/aromatic N) is 1. The molecular weight excluding hydrogens is 291 g/mol. The number of likely N-dealkylation sites (N-methyl/N-ethyl adjacent to an activating group) is 1. The minimum atomic E-state index is -0.255. The number of morpholine rings is 1. The Labute approximate surface area is 131 Å². The second kappa shape index (κ2) is 7.05. The second-order valence-electron chi connectivity index (χ2n) is 5.70. The molecule has 1 aromatic carbocycles. The molecule has 0 aliphatic carbocycles. The average Bonchev–Trinajstić information content (AvgIpc) is 2.50. The lowest BCUT2D eigenvalue weighted by atomic mass is 9.82. The third-order valence-electron chi connectivity index (χ3n) is 4.63. The van der Waals surface area contributed by atoms with Gasteiger partial charge in [-0.05, 0) is 32.5 Å². The van der Waals surface area contributed by atoms with Crippen LogP contribution in [0, 0.1) is 5.82 Å². The summed E-state index contributed by atoms with van der Waals surface area (Å²) in [5, 5.41) is 3.73. The first-order valence-electron chi connectivity index (χ1n) is 7.48. The number of halogens is 2. The summed E-state index contributed by atoms with van der Waals surface area (Å²) in [4.78, 5) is 2.39. The molecule has 0 amide bonds. The lowest BCUT2D eigenvalue weighted by molar-refractivity contribution is -0.0323. The standard InChI is InChI=1S/C16H24ClFN2O/c1-4-16(2,20-7-9-21-10-8-20)15(19-3)13-6-5-12(17)11-14(13)18/h5-6,11,15,19H,4,7-10H2,1-3H3. The van der Waals surface area contributed by atoms with Crippen LogP contribution in [0.3, 0.4) is 0 Å². The fourth-order valence-electron chi connectivity index (χ4n) is 3.22. The number of benzene rings is 1. The van der Waals surface area contributed by atoms with E-state index in [9.17, 15) is 4.39 Å². The van der Waals surface area contributed by atoms with Crippen LogP contribution >= 0.6 is 11.6 Å². The molecule has 118 valence electrons. The minimum absolute atomic E-state index is 0.0992. The van der Waals surface area contributed by atoms with Gasteiger partial charge in [0.2, 0.25) is 0 Å². The van der Waals surface area contributed by atoms with E-state index in [-0.39, 0.29) is 17.4 Å². The number of hydrogen-bond donors (Lipinski definition) is 1. The van der Waals surface area contributed by atoms with Gasteiger partial charge in [0.05, 0.1) is 19.3 Å². The maximum Gasteiger partial charge on any atom is 0.129 e. The van der Waals surface area contributed by atoms with Gasteiger partial charge in [-0.25, -0.2) is 4.39 Å². The molecule has 1 aliphatic heterocycles. The first-order valence-corrected chi connectivity index (χ1v) is 7.85. The lowest BCUT2D eigenvalue weighted by Crippen LogP contribution is -2.57. The molecule has 0 spiro atoms. The van der Waals surface area contributed by atoms with Crippen molar-refractivity contribution in [3.8, 4) is 0 Å². The van der Waals surface area contributed by atoms with Crippen molar-refractivity contribution in [2.24, 2.45) is 0 Å². The van der Waals surface area contributed by atoms with E-state index >= 15 is 0 Å². The number of ether oxygens (including phenoxy) is 1. The van der Waals surface area contributed by atoms with E-state index in [2.05, 4.69) is 24.1 Å². The average molecular weight is 315 g/mol. The van der Waals surface area contributed by atoms with Crippen LogP contribution in [-0.2, 0) is 4.74 Å². The van der Waals surface area contributed by atoms with Gasteiger partial charge in [0, 0.05) is 29.2 Å². The Morgan fingerprint density at radius 2 is 2.10 bits per heavy atom. The summed E-state index contributed by atoms with van der Waals surface area (Å²) in [5.74, 6) is -0.255. The van der Waals surface area contributed by atoms with Gasteiger partial charge in [0.15, 0.2) is 0 Å². The molecule has 1 saturated heterocycles. The zero-order valence-electron chi connectivity index (χ0n) is 13.0. The first-order chi connectivity index (χ1) is 10.0. The summed E-state index contributed by atoms with van der Waals surface area (Å²) in [6.45, 7) is 7.54. The van der Waals surface area contributed by atoms with Gasteiger partial charge in [0.1, 0.15) is 5.82 Å². The summed E-state index contributed by atoms with van der Waals surface area (Å²) >= 11 is 5.87. The largest absolute Gasteiger partial charge is 0.379 e. The zero-order chi connectivity index (χ0) is 15.5. The van der Waals surface area contributed by atoms with E-state index in [0.29, 0.717) is 10.6 Å². The number of hydrogen-bond acceptors (Lipinski definition) is 3. The molecule has 2 atom stereocenters. The third-order valence-corrected chi connectivity index (χ3v) is 4.87. The molecule has 0 bridgehead atoms. The molecule has 0 radical (unpaired) electrons. The molecule has 2 rings (SSSR count). The first kappa shape index (κ1) is 16.7. The molecule has 1 aromatic rings. The van der Waals surface area contributed by atoms with Crippen molar-refractivity contribution in [1.29, 1.82) is 0 Å². The number of nitrogens with one attached hydrogen (secondary N) is 1. The molecule has 1 fully saturated rings. The smallest absolute Gasteiger partial charge is 0.129 e. The van der Waals surface area contributed by atoms with Crippen LogP contribution < -0.4 is 5.32 Å². The van der Waals surface area contributed by atoms with Gasteiger partial charge in [0.25, 0.3) is 0 Å². The Balaban J connectivity index is 2.35. The Bertz CT molecular complexity index is 479. The van der Waals surface area contributed by atoms with Gasteiger partial charge < -0.3 is 10.1 Å². The van der Waals surface area contributed by atoms with Gasteiger partial charge in [-0.1, -0.05) is 24.6 Å². The summed E-state index contributed by atoms with van der Waals surface area (Å²) < 4.78 is 19.8. The summed E-state index contributed by atoms with van der Waals surface area (Å²) in [5.41, 5.74) is 0.491. The molecular formula is C16H24ClFN2O. The molecule has 1 aliphatic rings. The van der Waals surface area contributed by atoms with Gasteiger partial charge >= 0.3 is 0 Å². The van der Waals surface area contributed by atoms with E-state index in [0.717, 1.165) is 32.7 Å². The monoisotopic (exact) mass is 314 g/mol. The van der Waals surface area contributed by atoms with E-state index in [1.54, 1.807) is 12.1 Å². The van der Waals surface area contributed by atoms with Crippen LogP contribution in [0.5, 0.6) is 0 Å². The maximum absolute atomic E-state index is 14.4. The van der Waals surface area contributed by atoms with Crippen molar-refractivity contribution in [3.63, 3.8) is 0 Å². The van der Waals surface area contributed by atoms with E-state index in [4.69, 9.17) is 16.3 Å². The SMILES string of the molecule is CCC(C)(C(NC)c1ccc(Cl)cc1F)N1CCOCC1. The van der Waals surface area contributed by atoms with Crippen LogP contribution in [-0.4, -0.2) is 43.8 Å². The summed E-state index contributed by atoms with van der Waals surface area (Å²) in [7, 11) is 1.88. The molecule has 5 heteroatoms. The molecule has 0 aromatic heterocycles. The molecule has 2 unspecified atom stereocenters. The Morgan fingerprint density at radius 3 is 2.62 bits per heavy atom. The third kappa shape index (κ3) is 3.39. The fourth-order valence-corrected chi connectivity index (χ4v) is 3.38. The summed E-state index contributed by atoms with van der Waals surface area (Å²) in [6, 6.07) is 4.82. The van der Waals surface area contributed by atoms with Crippen LogP contribution in [0.25, 0.3) is 0 Å². The van der Waals surface area contributed by atoms with Crippen molar-refractivity contribution in [2.45, 2.75) is 31.8 Å². The van der Waals surface area contributed by atoms with Crippen molar-refractivity contribution in [2.75, 3.05) is 33.4 Å². The van der Waals surface area contributed by atoms with E-state index in [1.165, 1.54) is 6.07 Å². The summed E-state index contributed by atoms with van der Waals surface area (Å²) in [6.07, 6.45) is 0.917. The van der Waals surface area contributed by atoms with Crippen molar-refractivity contribution in [1.82, 2.24) is 10.2 Å². The topological polar surface area (TPSA) is 24.5 Å². The zero-order valence-corrected chi connectivity index (χ0v) is 13.7. The molecule has 1 heterocycles. The maximum atomic E-state index is 14.4. The Kier molecular flexibility index (Phi) is 5.60. The molecule has 1 N–H and O–H groups in total. The fraction of sp³-hybridized carbons (Fsp3) is 0.625. The Hall–Kier alpha value is -0.680. The molecule has 0 saturated carbocycles. The van der Waals surface area contributed by atoms with Crippen LogP contribution in [0.15, 0.2) is 18.2 Å². The molecule has 21 heavy (non-hydrogen) atoms. The van der Waals surface area contributed by atoms with Gasteiger partial charge in [-0.3, -0.25) is 4.90 Å². The lowest BCUT2D eigenvalue weighted by Gasteiger charge is -2.48.